The maximum absolute atomic E-state index is 12.6. The SMILES string of the molecule is Cc1ccccc1N(Cl)C(=O)C(NC(=O)O)c1ccccc1. The first-order valence-electron chi connectivity index (χ1n) is 6.60. The zero-order valence-electron chi connectivity index (χ0n) is 11.9. The zero-order valence-corrected chi connectivity index (χ0v) is 12.6. The Hall–Kier alpha value is -2.53. The van der Waals surface area contributed by atoms with Crippen LogP contribution in [0.25, 0.3) is 0 Å². The number of halogens is 1. The van der Waals surface area contributed by atoms with Crippen LogP contribution in [0.3, 0.4) is 0 Å². The lowest BCUT2D eigenvalue weighted by molar-refractivity contribution is -0.119. The Morgan fingerprint density at radius 2 is 1.68 bits per heavy atom. The first-order chi connectivity index (χ1) is 10.5. The molecule has 0 aliphatic carbocycles. The van der Waals surface area contributed by atoms with E-state index in [0.29, 0.717) is 11.3 Å². The highest BCUT2D eigenvalue weighted by Gasteiger charge is 2.28. The van der Waals surface area contributed by atoms with Gasteiger partial charge in [-0.25, -0.2) is 9.21 Å². The molecular weight excluding hydrogens is 304 g/mol. The fourth-order valence-electron chi connectivity index (χ4n) is 2.07. The lowest BCUT2D eigenvalue weighted by Crippen LogP contribution is -2.39. The molecule has 0 radical (unpaired) electrons. The lowest BCUT2D eigenvalue weighted by Gasteiger charge is -2.22. The number of nitrogens with one attached hydrogen (secondary N) is 1. The minimum absolute atomic E-state index is 0.516. The molecular formula is C16H15ClN2O3. The molecule has 0 aromatic heterocycles. The Labute approximate surface area is 133 Å². The van der Waals surface area contributed by atoms with Gasteiger partial charge in [0.05, 0.1) is 5.69 Å². The van der Waals surface area contributed by atoms with Gasteiger partial charge in [0.15, 0.2) is 0 Å². The molecule has 22 heavy (non-hydrogen) atoms. The molecule has 2 aromatic carbocycles. The molecule has 2 N–H and O–H groups in total. The van der Waals surface area contributed by atoms with E-state index in [-0.39, 0.29) is 0 Å². The number of hydrogen-bond acceptors (Lipinski definition) is 2. The smallest absolute Gasteiger partial charge is 0.405 e. The maximum atomic E-state index is 12.6. The molecule has 2 rings (SSSR count). The van der Waals surface area contributed by atoms with E-state index in [0.717, 1.165) is 9.98 Å². The predicted molar refractivity (Wildman–Crippen MR) is 84.9 cm³/mol. The highest BCUT2D eigenvalue weighted by molar-refractivity contribution is 6.37. The molecule has 0 saturated heterocycles. The molecule has 1 atom stereocenters. The fraction of sp³-hybridized carbons (Fsp3) is 0.125. The van der Waals surface area contributed by atoms with Crippen LogP contribution in [-0.2, 0) is 4.79 Å². The van der Waals surface area contributed by atoms with Crippen molar-refractivity contribution >= 4 is 29.5 Å². The van der Waals surface area contributed by atoms with Crippen molar-refractivity contribution in [2.75, 3.05) is 4.42 Å². The van der Waals surface area contributed by atoms with Crippen LogP contribution < -0.4 is 9.74 Å². The van der Waals surface area contributed by atoms with Crippen LogP contribution in [0, 0.1) is 6.92 Å². The summed E-state index contributed by atoms with van der Waals surface area (Å²) in [6, 6.07) is 14.6. The average Bonchev–Trinajstić information content (AvgIpc) is 2.52. The Morgan fingerprint density at radius 1 is 1.09 bits per heavy atom. The van der Waals surface area contributed by atoms with Gasteiger partial charge in [-0.2, -0.15) is 0 Å². The second kappa shape index (κ2) is 6.95. The number of rotatable bonds is 4. The maximum Gasteiger partial charge on any atom is 0.405 e. The van der Waals surface area contributed by atoms with Crippen molar-refractivity contribution in [1.29, 1.82) is 0 Å². The van der Waals surface area contributed by atoms with Gasteiger partial charge in [0.25, 0.3) is 5.91 Å². The van der Waals surface area contributed by atoms with Crippen LogP contribution in [0.1, 0.15) is 17.2 Å². The molecule has 2 amide bonds. The number of carbonyl (C=O) groups is 2. The van der Waals surface area contributed by atoms with E-state index in [9.17, 15) is 9.59 Å². The van der Waals surface area contributed by atoms with Crippen molar-refractivity contribution in [1.82, 2.24) is 5.32 Å². The number of amides is 2. The van der Waals surface area contributed by atoms with Gasteiger partial charge in [0.2, 0.25) is 0 Å². The van der Waals surface area contributed by atoms with Gasteiger partial charge in [0, 0.05) is 11.8 Å². The van der Waals surface area contributed by atoms with Crippen molar-refractivity contribution in [2.45, 2.75) is 13.0 Å². The van der Waals surface area contributed by atoms with Crippen LogP contribution in [0.4, 0.5) is 10.5 Å². The molecule has 0 aliphatic heterocycles. The standard InChI is InChI=1S/C16H15ClN2O3/c1-11-7-5-6-10-13(11)19(17)15(20)14(18-16(21)22)12-8-3-2-4-9-12/h2-10,14,18H,1H3,(H,21,22). The Balaban J connectivity index is 2.33. The van der Waals surface area contributed by atoms with Crippen LogP contribution in [0.5, 0.6) is 0 Å². The normalized spacial score (nSPS) is 11.5. The summed E-state index contributed by atoms with van der Waals surface area (Å²) in [7, 11) is 0. The summed E-state index contributed by atoms with van der Waals surface area (Å²) in [4.78, 5) is 23.6. The van der Waals surface area contributed by atoms with Gasteiger partial charge in [-0.1, -0.05) is 48.5 Å². The third kappa shape index (κ3) is 3.56. The van der Waals surface area contributed by atoms with Crippen molar-refractivity contribution in [3.05, 3.63) is 65.7 Å². The first kappa shape index (κ1) is 15.9. The van der Waals surface area contributed by atoms with Crippen LogP contribution >= 0.6 is 11.8 Å². The third-order valence-corrected chi connectivity index (χ3v) is 3.52. The predicted octanol–water partition coefficient (Wildman–Crippen LogP) is 3.49. The second-order valence-corrected chi connectivity index (χ2v) is 5.04. The Kier molecular flexibility index (Phi) is 5.01. The molecule has 6 heteroatoms. The third-order valence-electron chi connectivity index (χ3n) is 3.17. The summed E-state index contributed by atoms with van der Waals surface area (Å²) in [5.41, 5.74) is 1.85. The van der Waals surface area contributed by atoms with E-state index in [1.54, 1.807) is 42.5 Å². The molecule has 0 bridgehead atoms. The van der Waals surface area contributed by atoms with Crippen LogP contribution in [-0.4, -0.2) is 17.1 Å². The highest BCUT2D eigenvalue weighted by atomic mass is 35.5. The fourth-order valence-corrected chi connectivity index (χ4v) is 2.36. The number of carboxylic acid groups (broad SMARTS) is 1. The van der Waals surface area contributed by atoms with E-state index in [1.807, 2.05) is 19.1 Å². The molecule has 0 spiro atoms. The zero-order chi connectivity index (χ0) is 16.1. The van der Waals surface area contributed by atoms with Crippen molar-refractivity contribution in [3.8, 4) is 0 Å². The van der Waals surface area contributed by atoms with Gasteiger partial charge in [-0.05, 0) is 24.1 Å². The van der Waals surface area contributed by atoms with Gasteiger partial charge < -0.3 is 10.4 Å². The Bertz CT molecular complexity index is 676. The quantitative estimate of drug-likeness (QED) is 0.848. The summed E-state index contributed by atoms with van der Waals surface area (Å²) < 4.78 is 0.947. The summed E-state index contributed by atoms with van der Waals surface area (Å²) >= 11 is 6.14. The van der Waals surface area contributed by atoms with E-state index in [1.165, 1.54) is 0 Å². The molecule has 0 saturated carbocycles. The molecule has 114 valence electrons. The van der Waals surface area contributed by atoms with Crippen LogP contribution in [0.2, 0.25) is 0 Å². The number of benzene rings is 2. The monoisotopic (exact) mass is 318 g/mol. The lowest BCUT2D eigenvalue weighted by atomic mass is 10.1. The summed E-state index contributed by atoms with van der Waals surface area (Å²) in [5.74, 6) is -0.565. The molecule has 5 nitrogen and oxygen atoms in total. The Morgan fingerprint density at radius 3 is 2.27 bits per heavy atom. The van der Waals surface area contributed by atoms with Crippen molar-refractivity contribution < 1.29 is 14.7 Å². The molecule has 2 aromatic rings. The van der Waals surface area contributed by atoms with Crippen molar-refractivity contribution in [3.63, 3.8) is 0 Å². The molecule has 0 aliphatic rings. The van der Waals surface area contributed by atoms with Crippen LogP contribution in [0.15, 0.2) is 54.6 Å². The van der Waals surface area contributed by atoms with Gasteiger partial charge in [-0.3, -0.25) is 4.79 Å². The number of carbonyl (C=O) groups excluding carboxylic acids is 1. The van der Waals surface area contributed by atoms with E-state index in [2.05, 4.69) is 5.32 Å². The highest BCUT2D eigenvalue weighted by Crippen LogP contribution is 2.25. The van der Waals surface area contributed by atoms with Gasteiger partial charge in [0.1, 0.15) is 6.04 Å². The minimum atomic E-state index is -1.29. The van der Waals surface area contributed by atoms with E-state index in [4.69, 9.17) is 16.9 Å². The molecule has 1 unspecified atom stereocenters. The van der Waals surface area contributed by atoms with Gasteiger partial charge >= 0.3 is 6.09 Å². The summed E-state index contributed by atoms with van der Waals surface area (Å²) in [6.45, 7) is 1.82. The largest absolute Gasteiger partial charge is 0.465 e. The number of nitrogens with zero attached hydrogens (tertiary/aromatic N) is 1. The molecule has 0 heterocycles. The number of aryl methyl sites for hydroxylation is 1. The van der Waals surface area contributed by atoms with Gasteiger partial charge in [-0.15, -0.1) is 0 Å². The number of hydrogen-bond donors (Lipinski definition) is 2. The topological polar surface area (TPSA) is 69.6 Å². The number of anilines is 1. The van der Waals surface area contributed by atoms with E-state index >= 15 is 0 Å². The average molecular weight is 319 g/mol. The minimum Gasteiger partial charge on any atom is -0.465 e. The van der Waals surface area contributed by atoms with Crippen molar-refractivity contribution in [2.24, 2.45) is 0 Å². The summed E-state index contributed by atoms with van der Waals surface area (Å²) in [5, 5.41) is 11.2. The van der Waals surface area contributed by atoms with E-state index < -0.39 is 18.0 Å². The first-order valence-corrected chi connectivity index (χ1v) is 6.94. The molecule has 0 fully saturated rings. The summed E-state index contributed by atoms with van der Waals surface area (Å²) in [6.07, 6.45) is -1.29. The second-order valence-electron chi connectivity index (χ2n) is 4.70. The number of para-hydroxylation sites is 1.